The second-order valence-corrected chi connectivity index (χ2v) is 3.51. The van der Waals surface area contributed by atoms with E-state index in [-0.39, 0.29) is 17.3 Å². The molecule has 0 spiro atoms. The Hall–Kier alpha value is -0.860. The highest BCUT2D eigenvalue weighted by Gasteiger charge is 2.10. The summed E-state index contributed by atoms with van der Waals surface area (Å²) in [7, 11) is 0. The fourth-order valence-corrected chi connectivity index (χ4v) is 1.51. The normalized spacial score (nSPS) is 10.0. The van der Waals surface area contributed by atoms with Gasteiger partial charge in [0.2, 0.25) is 0 Å². The summed E-state index contributed by atoms with van der Waals surface area (Å²) >= 11 is 11.6. The number of aromatic nitrogens is 1. The lowest BCUT2D eigenvalue weighted by Gasteiger charge is -2.06. The standard InChI is InChI=1S/C9H9Cl2N3O/c10-8-6(4-13-1-2-15)5-14-9(11)7(8)3-12/h5,13,15H,1-2,4H2. The molecule has 0 aliphatic heterocycles. The summed E-state index contributed by atoms with van der Waals surface area (Å²) in [6.07, 6.45) is 1.51. The first kappa shape index (κ1) is 12.2. The Labute approximate surface area is 97.5 Å². The van der Waals surface area contributed by atoms with Crippen LogP contribution in [0.25, 0.3) is 0 Å². The van der Waals surface area contributed by atoms with Crippen LogP contribution in [0.15, 0.2) is 6.20 Å². The van der Waals surface area contributed by atoms with Gasteiger partial charge in [-0.05, 0) is 0 Å². The Balaban J connectivity index is 2.87. The van der Waals surface area contributed by atoms with Crippen LogP contribution in [0.4, 0.5) is 0 Å². The minimum absolute atomic E-state index is 0.0454. The van der Waals surface area contributed by atoms with Gasteiger partial charge in [0.05, 0.1) is 11.6 Å². The number of pyridine rings is 1. The molecule has 1 rings (SSSR count). The molecule has 0 saturated carbocycles. The molecule has 0 amide bonds. The summed E-state index contributed by atoms with van der Waals surface area (Å²) < 4.78 is 0. The monoisotopic (exact) mass is 245 g/mol. The van der Waals surface area contributed by atoms with Crippen LogP contribution in [0, 0.1) is 11.3 Å². The van der Waals surface area contributed by atoms with Gasteiger partial charge < -0.3 is 10.4 Å². The molecule has 4 nitrogen and oxygen atoms in total. The second kappa shape index (κ2) is 5.89. The number of nitrogens with one attached hydrogen (secondary N) is 1. The smallest absolute Gasteiger partial charge is 0.148 e. The Morgan fingerprint density at radius 2 is 2.27 bits per heavy atom. The molecule has 0 aromatic carbocycles. The number of hydrogen-bond donors (Lipinski definition) is 2. The molecule has 0 saturated heterocycles. The molecule has 1 aromatic heterocycles. The first-order valence-corrected chi connectivity index (χ1v) is 5.00. The molecule has 1 aromatic rings. The molecule has 0 aliphatic carbocycles. The Bertz CT molecular complexity index is 390. The maximum atomic E-state index is 8.78. The van der Waals surface area contributed by atoms with E-state index in [9.17, 15) is 0 Å². The summed E-state index contributed by atoms with van der Waals surface area (Å²) in [6.45, 7) is 0.947. The Morgan fingerprint density at radius 3 is 2.87 bits per heavy atom. The number of aliphatic hydroxyl groups excluding tert-OH is 1. The van der Waals surface area contributed by atoms with Crippen LogP contribution in [0.1, 0.15) is 11.1 Å². The van der Waals surface area contributed by atoms with E-state index in [1.165, 1.54) is 6.20 Å². The van der Waals surface area contributed by atoms with E-state index in [1.807, 2.05) is 6.07 Å². The van der Waals surface area contributed by atoms with E-state index in [1.54, 1.807) is 0 Å². The summed E-state index contributed by atoms with van der Waals surface area (Å²) in [5, 5.41) is 20.7. The third kappa shape index (κ3) is 3.05. The Morgan fingerprint density at radius 1 is 1.53 bits per heavy atom. The van der Waals surface area contributed by atoms with E-state index in [4.69, 9.17) is 33.6 Å². The topological polar surface area (TPSA) is 68.9 Å². The summed E-state index contributed by atoms with van der Waals surface area (Å²) in [5.41, 5.74) is 0.868. The fraction of sp³-hybridized carbons (Fsp3) is 0.333. The van der Waals surface area contributed by atoms with Crippen LogP contribution in [-0.4, -0.2) is 23.2 Å². The molecular formula is C9H9Cl2N3O. The van der Waals surface area contributed by atoms with Crippen molar-refractivity contribution in [3.05, 3.63) is 27.5 Å². The lowest BCUT2D eigenvalue weighted by Crippen LogP contribution is -2.18. The van der Waals surface area contributed by atoms with Crippen molar-refractivity contribution in [3.63, 3.8) is 0 Å². The van der Waals surface area contributed by atoms with Crippen molar-refractivity contribution in [2.75, 3.05) is 13.2 Å². The summed E-state index contributed by atoms with van der Waals surface area (Å²) in [4.78, 5) is 3.85. The van der Waals surface area contributed by atoms with E-state index < -0.39 is 0 Å². The average Bonchev–Trinajstić information content (AvgIpc) is 2.22. The molecule has 0 fully saturated rings. The highest BCUT2D eigenvalue weighted by atomic mass is 35.5. The van der Waals surface area contributed by atoms with E-state index >= 15 is 0 Å². The number of nitrogens with zero attached hydrogens (tertiary/aromatic N) is 2. The summed E-state index contributed by atoms with van der Waals surface area (Å²) in [6, 6.07) is 1.89. The Kier molecular flexibility index (Phi) is 4.79. The number of hydrogen-bond acceptors (Lipinski definition) is 4. The molecular weight excluding hydrogens is 237 g/mol. The third-order valence-corrected chi connectivity index (χ3v) is 2.48. The molecule has 15 heavy (non-hydrogen) atoms. The number of rotatable bonds is 4. The van der Waals surface area contributed by atoms with Crippen LogP contribution in [0.3, 0.4) is 0 Å². The second-order valence-electron chi connectivity index (χ2n) is 2.78. The molecule has 0 aliphatic rings. The predicted octanol–water partition coefficient (Wildman–Crippen LogP) is 1.34. The maximum Gasteiger partial charge on any atom is 0.148 e. The lowest BCUT2D eigenvalue weighted by atomic mass is 10.2. The van der Waals surface area contributed by atoms with E-state index in [2.05, 4.69) is 10.3 Å². The van der Waals surface area contributed by atoms with Gasteiger partial charge >= 0.3 is 0 Å². The zero-order valence-electron chi connectivity index (χ0n) is 7.80. The quantitative estimate of drug-likeness (QED) is 0.621. The fourth-order valence-electron chi connectivity index (χ4n) is 1.03. The molecule has 1 heterocycles. The number of halogens is 2. The van der Waals surface area contributed by atoms with Gasteiger partial charge in [0.25, 0.3) is 0 Å². The van der Waals surface area contributed by atoms with Gasteiger partial charge in [0, 0.05) is 24.8 Å². The highest BCUT2D eigenvalue weighted by molar-refractivity contribution is 6.36. The van der Waals surface area contributed by atoms with Crippen molar-refractivity contribution >= 4 is 23.2 Å². The van der Waals surface area contributed by atoms with E-state index in [0.717, 1.165) is 0 Å². The van der Waals surface area contributed by atoms with E-state index in [0.29, 0.717) is 23.7 Å². The number of aliphatic hydroxyl groups is 1. The minimum atomic E-state index is 0.0454. The molecule has 0 unspecified atom stereocenters. The maximum absolute atomic E-state index is 8.78. The minimum Gasteiger partial charge on any atom is -0.395 e. The molecule has 0 atom stereocenters. The summed E-state index contributed by atoms with van der Waals surface area (Å²) in [5.74, 6) is 0. The van der Waals surface area contributed by atoms with Crippen molar-refractivity contribution < 1.29 is 5.11 Å². The lowest BCUT2D eigenvalue weighted by molar-refractivity contribution is 0.292. The zero-order chi connectivity index (χ0) is 11.3. The van der Waals surface area contributed by atoms with Crippen LogP contribution in [0.5, 0.6) is 0 Å². The van der Waals surface area contributed by atoms with Crippen LogP contribution in [-0.2, 0) is 6.54 Å². The van der Waals surface area contributed by atoms with Crippen molar-refractivity contribution in [1.29, 1.82) is 5.26 Å². The number of nitriles is 1. The van der Waals surface area contributed by atoms with Gasteiger partial charge in [-0.1, -0.05) is 23.2 Å². The highest BCUT2D eigenvalue weighted by Crippen LogP contribution is 2.24. The van der Waals surface area contributed by atoms with Crippen molar-refractivity contribution in [1.82, 2.24) is 10.3 Å². The van der Waals surface area contributed by atoms with Crippen molar-refractivity contribution in [2.45, 2.75) is 6.54 Å². The third-order valence-electron chi connectivity index (χ3n) is 1.76. The average molecular weight is 246 g/mol. The molecule has 6 heteroatoms. The van der Waals surface area contributed by atoms with Crippen molar-refractivity contribution in [3.8, 4) is 6.07 Å². The predicted molar refractivity (Wildman–Crippen MR) is 57.8 cm³/mol. The molecule has 80 valence electrons. The zero-order valence-corrected chi connectivity index (χ0v) is 9.31. The largest absolute Gasteiger partial charge is 0.395 e. The molecule has 2 N–H and O–H groups in total. The van der Waals surface area contributed by atoms with Gasteiger partial charge in [0.15, 0.2) is 0 Å². The van der Waals surface area contributed by atoms with Gasteiger partial charge in [-0.3, -0.25) is 0 Å². The first-order chi connectivity index (χ1) is 7.20. The van der Waals surface area contributed by atoms with Crippen molar-refractivity contribution in [2.24, 2.45) is 0 Å². The van der Waals surface area contributed by atoms with Gasteiger partial charge in [-0.25, -0.2) is 4.98 Å². The first-order valence-electron chi connectivity index (χ1n) is 4.25. The molecule has 0 radical (unpaired) electrons. The van der Waals surface area contributed by atoms with Crippen LogP contribution < -0.4 is 5.32 Å². The SMILES string of the molecule is N#Cc1c(Cl)ncc(CNCCO)c1Cl. The van der Waals surface area contributed by atoms with Gasteiger partial charge in [-0.2, -0.15) is 5.26 Å². The molecule has 0 bridgehead atoms. The van der Waals surface area contributed by atoms with Crippen LogP contribution in [0.2, 0.25) is 10.2 Å². The van der Waals surface area contributed by atoms with Gasteiger partial charge in [-0.15, -0.1) is 0 Å². The van der Waals surface area contributed by atoms with Crippen LogP contribution >= 0.6 is 23.2 Å². The van der Waals surface area contributed by atoms with Gasteiger partial charge in [0.1, 0.15) is 16.8 Å².